The molecule has 104 valence electrons. The molecular weight excluding hydrogens is 267 g/mol. The molecule has 2 atom stereocenters. The van der Waals surface area contributed by atoms with Crippen LogP contribution in [0.3, 0.4) is 0 Å². The number of ether oxygens (including phenoxy) is 1. The van der Waals surface area contributed by atoms with E-state index in [1.54, 1.807) is 6.07 Å². The van der Waals surface area contributed by atoms with E-state index in [1.807, 2.05) is 18.2 Å². The maximum absolute atomic E-state index is 13.8. The van der Waals surface area contributed by atoms with Crippen LogP contribution in [0.15, 0.2) is 36.4 Å². The third kappa shape index (κ3) is 2.04. The number of halogens is 3. The summed E-state index contributed by atoms with van der Waals surface area (Å²) in [4.78, 5) is 0. The lowest BCUT2D eigenvalue weighted by molar-refractivity contribution is 0.311. The zero-order valence-electron chi connectivity index (χ0n) is 10.4. The Morgan fingerprint density at radius 2 is 1.75 bits per heavy atom. The highest BCUT2D eigenvalue weighted by atomic mass is 19.1. The Bertz CT molecular complexity index is 636. The van der Waals surface area contributed by atoms with Gasteiger partial charge in [-0.3, -0.25) is 0 Å². The molecule has 5 heteroatoms. The normalized spacial score (nSPS) is 18.5. The smallest absolute Gasteiger partial charge is 0.133 e. The predicted molar refractivity (Wildman–Crippen MR) is 67.9 cm³/mol. The minimum Gasteiger partial charge on any atom is -0.493 e. The van der Waals surface area contributed by atoms with Gasteiger partial charge in [0.1, 0.15) is 23.2 Å². The molecule has 1 heterocycles. The average Bonchev–Trinajstić information content (AvgIpc) is 2.81. The molecule has 0 aromatic heterocycles. The minimum absolute atomic E-state index is 0.247. The maximum atomic E-state index is 13.8. The number of hydrogen-bond donors (Lipinski definition) is 1. The highest BCUT2D eigenvalue weighted by Gasteiger charge is 2.33. The van der Waals surface area contributed by atoms with E-state index in [0.29, 0.717) is 17.9 Å². The molecule has 1 aliphatic rings. The topological polar surface area (TPSA) is 35.2 Å². The van der Waals surface area contributed by atoms with Gasteiger partial charge in [0.2, 0.25) is 0 Å². The lowest BCUT2D eigenvalue weighted by Crippen LogP contribution is -2.23. The molecule has 20 heavy (non-hydrogen) atoms. The van der Waals surface area contributed by atoms with Gasteiger partial charge in [-0.05, 0) is 6.07 Å². The molecule has 1 aliphatic heterocycles. The van der Waals surface area contributed by atoms with Crippen molar-refractivity contribution in [3.8, 4) is 5.75 Å². The predicted octanol–water partition coefficient (Wildman–Crippen LogP) is 3.28. The quantitative estimate of drug-likeness (QED) is 0.915. The van der Waals surface area contributed by atoms with Crippen LogP contribution in [0.4, 0.5) is 13.2 Å². The minimum atomic E-state index is -0.973. The number of benzene rings is 2. The third-order valence-electron chi connectivity index (χ3n) is 3.55. The Kier molecular flexibility index (Phi) is 3.14. The molecule has 0 saturated heterocycles. The van der Waals surface area contributed by atoms with Gasteiger partial charge in [-0.2, -0.15) is 0 Å². The lowest BCUT2D eigenvalue weighted by Gasteiger charge is -2.20. The fraction of sp³-hybridized carbons (Fsp3) is 0.200. The average molecular weight is 279 g/mol. The monoisotopic (exact) mass is 279 g/mol. The molecule has 0 fully saturated rings. The van der Waals surface area contributed by atoms with Crippen molar-refractivity contribution in [1.29, 1.82) is 0 Å². The van der Waals surface area contributed by atoms with Gasteiger partial charge in [-0.15, -0.1) is 0 Å². The molecule has 2 N–H and O–H groups in total. The molecule has 2 aromatic rings. The van der Waals surface area contributed by atoms with Gasteiger partial charge in [0, 0.05) is 35.2 Å². The van der Waals surface area contributed by atoms with Crippen molar-refractivity contribution in [1.82, 2.24) is 0 Å². The summed E-state index contributed by atoms with van der Waals surface area (Å²) in [6, 6.07) is 7.56. The molecule has 3 rings (SSSR count). The van der Waals surface area contributed by atoms with Crippen LogP contribution < -0.4 is 10.5 Å². The Balaban J connectivity index is 2.01. The van der Waals surface area contributed by atoms with E-state index < -0.39 is 23.5 Å². The van der Waals surface area contributed by atoms with Gasteiger partial charge < -0.3 is 10.5 Å². The van der Waals surface area contributed by atoms with Crippen LogP contribution in [0.25, 0.3) is 0 Å². The van der Waals surface area contributed by atoms with Crippen LogP contribution in [0.1, 0.15) is 23.1 Å². The van der Waals surface area contributed by atoms with Gasteiger partial charge in [-0.1, -0.05) is 18.2 Å². The van der Waals surface area contributed by atoms with Crippen LogP contribution in [0, 0.1) is 17.5 Å². The molecular formula is C15H12F3NO. The van der Waals surface area contributed by atoms with Crippen LogP contribution in [-0.2, 0) is 0 Å². The van der Waals surface area contributed by atoms with Gasteiger partial charge in [-0.25, -0.2) is 13.2 Å². The number of para-hydroxylation sites is 1. The van der Waals surface area contributed by atoms with E-state index in [-0.39, 0.29) is 18.1 Å². The Morgan fingerprint density at radius 3 is 2.45 bits per heavy atom. The van der Waals surface area contributed by atoms with E-state index in [4.69, 9.17) is 10.5 Å². The van der Waals surface area contributed by atoms with Crippen molar-refractivity contribution < 1.29 is 17.9 Å². The Labute approximate surface area is 114 Å². The first-order valence-corrected chi connectivity index (χ1v) is 6.19. The van der Waals surface area contributed by atoms with E-state index in [0.717, 1.165) is 5.56 Å². The van der Waals surface area contributed by atoms with E-state index in [9.17, 15) is 13.2 Å². The second-order valence-electron chi connectivity index (χ2n) is 4.76. The molecule has 0 amide bonds. The zero-order chi connectivity index (χ0) is 14.3. The second-order valence-corrected chi connectivity index (χ2v) is 4.76. The Hall–Kier alpha value is -2.01. The highest BCUT2D eigenvalue weighted by Crippen LogP contribution is 2.41. The number of rotatable bonds is 2. The van der Waals surface area contributed by atoms with Crippen molar-refractivity contribution in [2.24, 2.45) is 5.73 Å². The zero-order valence-corrected chi connectivity index (χ0v) is 10.4. The lowest BCUT2D eigenvalue weighted by atomic mass is 9.88. The van der Waals surface area contributed by atoms with Crippen LogP contribution in [0.5, 0.6) is 5.75 Å². The molecule has 0 saturated carbocycles. The second kappa shape index (κ2) is 4.83. The maximum Gasteiger partial charge on any atom is 0.133 e. The van der Waals surface area contributed by atoms with Crippen molar-refractivity contribution in [3.63, 3.8) is 0 Å². The first-order chi connectivity index (χ1) is 9.58. The number of nitrogens with two attached hydrogens (primary N) is 1. The molecule has 0 bridgehead atoms. The summed E-state index contributed by atoms with van der Waals surface area (Å²) in [7, 11) is 0. The third-order valence-corrected chi connectivity index (χ3v) is 3.55. The van der Waals surface area contributed by atoms with Gasteiger partial charge in [0.25, 0.3) is 0 Å². The van der Waals surface area contributed by atoms with Gasteiger partial charge in [0.15, 0.2) is 0 Å². The molecule has 2 unspecified atom stereocenters. The number of hydrogen-bond acceptors (Lipinski definition) is 2. The number of fused-ring (bicyclic) bond motifs is 1. The van der Waals surface area contributed by atoms with Crippen molar-refractivity contribution in [2.75, 3.05) is 6.61 Å². The van der Waals surface area contributed by atoms with Crippen molar-refractivity contribution >= 4 is 0 Å². The largest absolute Gasteiger partial charge is 0.493 e. The van der Waals surface area contributed by atoms with E-state index >= 15 is 0 Å². The summed E-state index contributed by atoms with van der Waals surface area (Å²) >= 11 is 0. The summed E-state index contributed by atoms with van der Waals surface area (Å²) in [5.41, 5.74) is 6.48. The molecule has 0 aliphatic carbocycles. The molecule has 2 nitrogen and oxygen atoms in total. The Morgan fingerprint density at radius 1 is 1.10 bits per heavy atom. The van der Waals surface area contributed by atoms with Crippen molar-refractivity contribution in [2.45, 2.75) is 12.0 Å². The highest BCUT2D eigenvalue weighted by molar-refractivity contribution is 5.42. The summed E-state index contributed by atoms with van der Waals surface area (Å²) in [6.07, 6.45) is 0. The molecule has 2 aromatic carbocycles. The first kappa shape index (κ1) is 13.0. The van der Waals surface area contributed by atoms with E-state index in [2.05, 4.69) is 0 Å². The van der Waals surface area contributed by atoms with Crippen LogP contribution >= 0.6 is 0 Å². The summed E-state index contributed by atoms with van der Waals surface area (Å²) in [5, 5.41) is 0. The van der Waals surface area contributed by atoms with Gasteiger partial charge >= 0.3 is 0 Å². The summed E-state index contributed by atoms with van der Waals surface area (Å²) in [6.45, 7) is 0.247. The molecule has 0 radical (unpaired) electrons. The molecule has 0 spiro atoms. The van der Waals surface area contributed by atoms with Crippen LogP contribution in [-0.4, -0.2) is 6.61 Å². The summed E-state index contributed by atoms with van der Waals surface area (Å²) in [5.74, 6) is -2.60. The first-order valence-electron chi connectivity index (χ1n) is 6.19. The van der Waals surface area contributed by atoms with Gasteiger partial charge in [0.05, 0.1) is 6.61 Å². The SMILES string of the molecule is NC(c1c(F)cc(F)cc1F)C1COc2ccccc21. The van der Waals surface area contributed by atoms with Crippen LogP contribution in [0.2, 0.25) is 0 Å². The standard InChI is InChI=1S/C15H12F3NO/c16-8-5-11(17)14(12(18)6-8)15(19)10-7-20-13-4-2-1-3-9(10)13/h1-6,10,15H,7,19H2. The fourth-order valence-corrected chi connectivity index (χ4v) is 2.56. The summed E-state index contributed by atoms with van der Waals surface area (Å²) < 4.78 is 46.0. The van der Waals surface area contributed by atoms with Crippen molar-refractivity contribution in [3.05, 3.63) is 65.0 Å². The van der Waals surface area contributed by atoms with E-state index in [1.165, 1.54) is 0 Å². The fourth-order valence-electron chi connectivity index (χ4n) is 2.56.